The molecule has 88 valence electrons. The topological polar surface area (TPSA) is 41.3 Å². The highest BCUT2D eigenvalue weighted by molar-refractivity contribution is 4.97. The maximum absolute atomic E-state index is 5.95. The number of nitrogens with zero attached hydrogens (tertiary/aromatic N) is 1. The second-order valence-corrected chi connectivity index (χ2v) is 5.68. The monoisotopic (exact) mass is 211 g/mol. The minimum absolute atomic E-state index is 0.204. The Bertz CT molecular complexity index is 219. The molecule has 3 N–H and O–H groups in total. The highest BCUT2D eigenvalue weighted by Crippen LogP contribution is 2.37. The molecule has 2 aliphatic rings. The van der Waals surface area contributed by atoms with Crippen LogP contribution in [0, 0.1) is 11.8 Å². The average Bonchev–Trinajstić information content (AvgIpc) is 2.92. The van der Waals surface area contributed by atoms with E-state index in [0.29, 0.717) is 0 Å². The minimum atomic E-state index is 0.204. The van der Waals surface area contributed by atoms with Crippen LogP contribution in [0.15, 0.2) is 0 Å². The predicted molar refractivity (Wildman–Crippen MR) is 63.8 cm³/mol. The van der Waals surface area contributed by atoms with Gasteiger partial charge >= 0.3 is 0 Å². The van der Waals surface area contributed by atoms with Crippen LogP contribution in [-0.2, 0) is 0 Å². The van der Waals surface area contributed by atoms with Crippen molar-refractivity contribution in [1.29, 1.82) is 0 Å². The molecule has 0 spiro atoms. The van der Waals surface area contributed by atoms with Gasteiger partial charge in [0.05, 0.1) is 0 Å². The Labute approximate surface area is 93.4 Å². The van der Waals surface area contributed by atoms with Crippen molar-refractivity contribution in [1.82, 2.24) is 10.2 Å². The van der Waals surface area contributed by atoms with Crippen LogP contribution in [0.5, 0.6) is 0 Å². The third-order valence-corrected chi connectivity index (χ3v) is 4.17. The summed E-state index contributed by atoms with van der Waals surface area (Å²) in [5.74, 6) is 1.86. The van der Waals surface area contributed by atoms with Crippen LogP contribution in [0.25, 0.3) is 0 Å². The van der Waals surface area contributed by atoms with Crippen LogP contribution in [0.2, 0.25) is 0 Å². The van der Waals surface area contributed by atoms with Crippen molar-refractivity contribution in [3.63, 3.8) is 0 Å². The van der Waals surface area contributed by atoms with Gasteiger partial charge in [-0.05, 0) is 51.2 Å². The summed E-state index contributed by atoms with van der Waals surface area (Å²) in [6.07, 6.45) is 3.93. The lowest BCUT2D eigenvalue weighted by Crippen LogP contribution is -2.60. The number of nitrogens with one attached hydrogen (secondary N) is 1. The summed E-state index contributed by atoms with van der Waals surface area (Å²) in [6.45, 7) is 6.63. The predicted octanol–water partition coefficient (Wildman–Crippen LogP) is 0.655. The van der Waals surface area contributed by atoms with Crippen molar-refractivity contribution >= 4 is 0 Å². The van der Waals surface area contributed by atoms with Gasteiger partial charge in [0.25, 0.3) is 0 Å². The maximum atomic E-state index is 5.95. The average molecular weight is 211 g/mol. The van der Waals surface area contributed by atoms with Crippen LogP contribution in [-0.4, -0.2) is 43.7 Å². The molecule has 0 radical (unpaired) electrons. The molecule has 1 aliphatic carbocycles. The summed E-state index contributed by atoms with van der Waals surface area (Å²) in [5, 5.41) is 3.74. The van der Waals surface area contributed by atoms with E-state index >= 15 is 0 Å². The van der Waals surface area contributed by atoms with Gasteiger partial charge in [-0.2, -0.15) is 0 Å². The summed E-state index contributed by atoms with van der Waals surface area (Å²) in [7, 11) is 2.20. The SMILES string of the molecule is CC1CC1CNC1(CN)CCCN(C)C1. The first-order chi connectivity index (χ1) is 7.15. The molecule has 2 rings (SSSR count). The Balaban J connectivity index is 1.83. The molecule has 3 atom stereocenters. The van der Waals surface area contributed by atoms with Gasteiger partial charge < -0.3 is 16.0 Å². The molecule has 3 unspecified atom stereocenters. The fourth-order valence-electron chi connectivity index (χ4n) is 2.78. The van der Waals surface area contributed by atoms with Gasteiger partial charge in [0, 0.05) is 18.6 Å². The van der Waals surface area contributed by atoms with E-state index in [9.17, 15) is 0 Å². The Morgan fingerprint density at radius 3 is 2.80 bits per heavy atom. The van der Waals surface area contributed by atoms with E-state index in [1.807, 2.05) is 0 Å². The molecule has 1 saturated heterocycles. The van der Waals surface area contributed by atoms with Crippen molar-refractivity contribution in [2.45, 2.75) is 31.7 Å². The molecule has 2 fully saturated rings. The molecular weight excluding hydrogens is 186 g/mol. The largest absolute Gasteiger partial charge is 0.329 e. The summed E-state index contributed by atoms with van der Waals surface area (Å²) in [5.41, 5.74) is 6.16. The zero-order valence-corrected chi connectivity index (χ0v) is 10.1. The Hall–Kier alpha value is -0.120. The van der Waals surface area contributed by atoms with E-state index < -0.39 is 0 Å². The molecule has 1 heterocycles. The fraction of sp³-hybridized carbons (Fsp3) is 1.00. The minimum Gasteiger partial charge on any atom is -0.329 e. The standard InChI is InChI=1S/C12H25N3/c1-10-6-11(10)7-14-12(8-13)4-3-5-15(2)9-12/h10-11,14H,3-9,13H2,1-2H3. The van der Waals surface area contributed by atoms with Crippen molar-refractivity contribution in [2.24, 2.45) is 17.6 Å². The molecule has 0 aromatic rings. The van der Waals surface area contributed by atoms with Gasteiger partial charge in [0.1, 0.15) is 0 Å². The van der Waals surface area contributed by atoms with E-state index in [-0.39, 0.29) is 5.54 Å². The first kappa shape index (κ1) is 11.4. The molecule has 0 amide bonds. The van der Waals surface area contributed by atoms with Gasteiger partial charge in [-0.3, -0.25) is 0 Å². The van der Waals surface area contributed by atoms with E-state index in [0.717, 1.165) is 24.9 Å². The molecule has 1 saturated carbocycles. The highest BCUT2D eigenvalue weighted by Gasteiger charge is 2.37. The van der Waals surface area contributed by atoms with Gasteiger partial charge in [-0.15, -0.1) is 0 Å². The number of likely N-dealkylation sites (N-methyl/N-ethyl adjacent to an activating group) is 1. The zero-order chi connectivity index (χ0) is 10.9. The lowest BCUT2D eigenvalue weighted by Gasteiger charge is -2.41. The highest BCUT2D eigenvalue weighted by atomic mass is 15.2. The van der Waals surface area contributed by atoms with E-state index in [2.05, 4.69) is 24.2 Å². The summed E-state index contributed by atoms with van der Waals surface area (Å²) in [4.78, 5) is 2.40. The van der Waals surface area contributed by atoms with E-state index in [1.165, 1.54) is 32.4 Å². The first-order valence-corrected chi connectivity index (χ1v) is 6.29. The summed E-state index contributed by atoms with van der Waals surface area (Å²) in [6, 6.07) is 0. The Morgan fingerprint density at radius 2 is 2.27 bits per heavy atom. The van der Waals surface area contributed by atoms with E-state index in [1.54, 1.807) is 0 Å². The number of hydrogen-bond donors (Lipinski definition) is 2. The first-order valence-electron chi connectivity index (χ1n) is 6.29. The quantitative estimate of drug-likeness (QED) is 0.717. The van der Waals surface area contributed by atoms with Crippen LogP contribution in [0.1, 0.15) is 26.2 Å². The molecule has 0 aromatic carbocycles. The molecule has 1 aliphatic heterocycles. The van der Waals surface area contributed by atoms with Gasteiger partial charge in [0.2, 0.25) is 0 Å². The number of hydrogen-bond acceptors (Lipinski definition) is 3. The van der Waals surface area contributed by atoms with Gasteiger partial charge in [0.15, 0.2) is 0 Å². The maximum Gasteiger partial charge on any atom is 0.0433 e. The Morgan fingerprint density at radius 1 is 1.53 bits per heavy atom. The van der Waals surface area contributed by atoms with Crippen LogP contribution in [0.4, 0.5) is 0 Å². The molecule has 15 heavy (non-hydrogen) atoms. The third-order valence-electron chi connectivity index (χ3n) is 4.17. The van der Waals surface area contributed by atoms with Crippen molar-refractivity contribution < 1.29 is 0 Å². The van der Waals surface area contributed by atoms with Crippen molar-refractivity contribution in [3.8, 4) is 0 Å². The summed E-state index contributed by atoms with van der Waals surface area (Å²) >= 11 is 0. The smallest absolute Gasteiger partial charge is 0.0433 e. The van der Waals surface area contributed by atoms with E-state index in [4.69, 9.17) is 5.73 Å². The number of piperidine rings is 1. The van der Waals surface area contributed by atoms with Crippen molar-refractivity contribution in [2.75, 3.05) is 33.2 Å². The van der Waals surface area contributed by atoms with Gasteiger partial charge in [-0.1, -0.05) is 6.92 Å². The van der Waals surface area contributed by atoms with Gasteiger partial charge in [-0.25, -0.2) is 0 Å². The molecule has 0 aromatic heterocycles. The zero-order valence-electron chi connectivity index (χ0n) is 10.1. The molecule has 3 heteroatoms. The number of rotatable bonds is 4. The second kappa shape index (κ2) is 4.40. The molecule has 0 bridgehead atoms. The fourth-order valence-corrected chi connectivity index (χ4v) is 2.78. The lowest BCUT2D eigenvalue weighted by molar-refractivity contribution is 0.148. The van der Waals surface area contributed by atoms with Crippen LogP contribution in [0.3, 0.4) is 0 Å². The van der Waals surface area contributed by atoms with Crippen LogP contribution < -0.4 is 11.1 Å². The van der Waals surface area contributed by atoms with Crippen molar-refractivity contribution in [3.05, 3.63) is 0 Å². The van der Waals surface area contributed by atoms with Crippen LogP contribution >= 0.6 is 0 Å². The Kier molecular flexibility index (Phi) is 3.33. The molecule has 3 nitrogen and oxygen atoms in total. The normalized spacial score (nSPS) is 41.8. The third kappa shape index (κ3) is 2.71. The summed E-state index contributed by atoms with van der Waals surface area (Å²) < 4.78 is 0. The molecular formula is C12H25N3. The number of likely N-dealkylation sites (tertiary alicyclic amines) is 1. The lowest BCUT2D eigenvalue weighted by atomic mass is 9.89. The second-order valence-electron chi connectivity index (χ2n) is 5.68. The number of nitrogens with two attached hydrogens (primary N) is 1.